The molecule has 7 nitrogen and oxygen atoms in total. The summed E-state index contributed by atoms with van der Waals surface area (Å²) in [5.41, 5.74) is 4.54. The average Bonchev–Trinajstić information content (AvgIpc) is 2.99. The van der Waals surface area contributed by atoms with E-state index in [0.29, 0.717) is 54.4 Å². The first-order valence-electron chi connectivity index (χ1n) is 13.4. The summed E-state index contributed by atoms with van der Waals surface area (Å²) in [5, 5.41) is 21.1. The Morgan fingerprint density at radius 3 is 2.37 bits per heavy atom. The fraction of sp³-hybridized carbons (Fsp3) is 0.219. The van der Waals surface area contributed by atoms with Crippen LogP contribution in [0, 0.1) is 5.82 Å². The zero-order chi connectivity index (χ0) is 29.2. The minimum absolute atomic E-state index is 0.212. The summed E-state index contributed by atoms with van der Waals surface area (Å²) in [6.45, 7) is 0.672. The molecule has 0 fully saturated rings. The van der Waals surface area contributed by atoms with Crippen molar-refractivity contribution in [3.05, 3.63) is 102 Å². The lowest BCUT2D eigenvalue weighted by atomic mass is 9.85. The number of methoxy groups -OCH3 is 2. The lowest BCUT2D eigenvalue weighted by Gasteiger charge is -2.15. The maximum absolute atomic E-state index is 14.1. The Balaban J connectivity index is 1.48. The van der Waals surface area contributed by atoms with Crippen LogP contribution >= 0.6 is 0 Å². The van der Waals surface area contributed by atoms with Crippen molar-refractivity contribution >= 4 is 13.0 Å². The fourth-order valence-electron chi connectivity index (χ4n) is 4.52. The van der Waals surface area contributed by atoms with Crippen LogP contribution in [-0.2, 0) is 6.42 Å². The molecule has 0 heterocycles. The van der Waals surface area contributed by atoms with Crippen LogP contribution in [0.15, 0.2) is 84.9 Å². The molecule has 1 amide bonds. The van der Waals surface area contributed by atoms with Crippen LogP contribution < -0.4 is 19.5 Å². The van der Waals surface area contributed by atoms with Gasteiger partial charge in [0.25, 0.3) is 5.91 Å². The molecule has 0 saturated heterocycles. The fourth-order valence-corrected chi connectivity index (χ4v) is 4.52. The van der Waals surface area contributed by atoms with Crippen LogP contribution in [0.4, 0.5) is 4.39 Å². The lowest BCUT2D eigenvalue weighted by molar-refractivity contribution is 0.0954. The number of carbonyl (C=O) groups excluding carboxylic acids is 1. The van der Waals surface area contributed by atoms with Gasteiger partial charge in [-0.1, -0.05) is 30.3 Å². The molecule has 0 spiro atoms. The average molecular weight is 557 g/mol. The van der Waals surface area contributed by atoms with Crippen LogP contribution in [0.25, 0.3) is 22.3 Å². The predicted molar refractivity (Wildman–Crippen MR) is 158 cm³/mol. The van der Waals surface area contributed by atoms with E-state index in [4.69, 9.17) is 24.3 Å². The zero-order valence-corrected chi connectivity index (χ0v) is 23.1. The summed E-state index contributed by atoms with van der Waals surface area (Å²) in [7, 11) is 1.82. The van der Waals surface area contributed by atoms with E-state index in [9.17, 15) is 9.18 Å². The molecule has 9 heteroatoms. The van der Waals surface area contributed by atoms with E-state index < -0.39 is 7.12 Å². The molecule has 3 N–H and O–H groups in total. The second-order valence-corrected chi connectivity index (χ2v) is 9.45. The molecule has 0 unspecified atom stereocenters. The molecule has 4 aromatic rings. The van der Waals surface area contributed by atoms with Gasteiger partial charge in [0.2, 0.25) is 0 Å². The Morgan fingerprint density at radius 1 is 0.854 bits per heavy atom. The number of carbonyl (C=O) groups is 1. The Morgan fingerprint density at radius 2 is 1.63 bits per heavy atom. The Hall–Kier alpha value is -4.34. The molecule has 41 heavy (non-hydrogen) atoms. The van der Waals surface area contributed by atoms with E-state index >= 15 is 0 Å². The zero-order valence-electron chi connectivity index (χ0n) is 23.1. The van der Waals surface area contributed by atoms with Crippen molar-refractivity contribution in [2.24, 2.45) is 0 Å². The molecule has 0 radical (unpaired) electrons. The molecule has 0 bridgehead atoms. The monoisotopic (exact) mass is 557 g/mol. The predicted octanol–water partition coefficient (Wildman–Crippen LogP) is 5.39. The normalized spacial score (nSPS) is 10.7. The first kappa shape index (κ1) is 29.6. The van der Waals surface area contributed by atoms with Gasteiger partial charge in [-0.25, -0.2) is 4.39 Å². The van der Waals surface area contributed by atoms with Crippen LogP contribution in [0.1, 0.15) is 22.3 Å². The van der Waals surface area contributed by atoms with Gasteiger partial charge in [-0.2, -0.15) is 0 Å². The van der Waals surface area contributed by atoms with E-state index in [0.717, 1.165) is 22.3 Å². The van der Waals surface area contributed by atoms with Crippen molar-refractivity contribution in [1.82, 2.24) is 5.32 Å². The van der Waals surface area contributed by atoms with E-state index in [2.05, 4.69) is 5.32 Å². The molecular formula is C32H33BFNO6. The summed E-state index contributed by atoms with van der Waals surface area (Å²) < 4.78 is 30.7. The van der Waals surface area contributed by atoms with Crippen molar-refractivity contribution < 1.29 is 33.4 Å². The summed E-state index contributed by atoms with van der Waals surface area (Å²) in [5.74, 6) is 1.36. The first-order valence-corrected chi connectivity index (χ1v) is 13.4. The Kier molecular flexibility index (Phi) is 10.4. The van der Waals surface area contributed by atoms with E-state index in [1.54, 1.807) is 38.5 Å². The molecule has 4 aromatic carbocycles. The summed E-state index contributed by atoms with van der Waals surface area (Å²) in [6.07, 6.45) is 1.20. The number of benzene rings is 4. The number of hydrogen-bond acceptors (Lipinski definition) is 6. The number of amides is 1. The third-order valence-corrected chi connectivity index (χ3v) is 6.61. The number of rotatable bonds is 13. The van der Waals surface area contributed by atoms with Gasteiger partial charge in [-0.15, -0.1) is 0 Å². The number of nitrogens with one attached hydrogen (secondary N) is 1. The highest BCUT2D eigenvalue weighted by atomic mass is 19.1. The topological polar surface area (TPSA) is 97.3 Å². The maximum atomic E-state index is 14.1. The van der Waals surface area contributed by atoms with Crippen LogP contribution in [-0.4, -0.2) is 50.4 Å². The lowest BCUT2D eigenvalue weighted by Crippen LogP contribution is -2.25. The summed E-state index contributed by atoms with van der Waals surface area (Å²) in [4.78, 5) is 13.1. The van der Waals surface area contributed by atoms with Crippen molar-refractivity contribution in [2.45, 2.75) is 19.2 Å². The highest BCUT2D eigenvalue weighted by Gasteiger charge is 2.14. The highest BCUT2D eigenvalue weighted by molar-refractivity contribution is 6.40. The van der Waals surface area contributed by atoms with E-state index in [1.165, 1.54) is 12.1 Å². The molecule has 0 aromatic heterocycles. The molecular weight excluding hydrogens is 524 g/mol. The van der Waals surface area contributed by atoms with Gasteiger partial charge >= 0.3 is 7.12 Å². The molecule has 4 rings (SSSR count). The third-order valence-electron chi connectivity index (χ3n) is 6.61. The largest absolute Gasteiger partial charge is 0.497 e. The molecule has 212 valence electrons. The van der Waals surface area contributed by atoms with Crippen LogP contribution in [0.3, 0.4) is 0 Å². The van der Waals surface area contributed by atoms with Gasteiger partial charge in [0.15, 0.2) is 0 Å². The molecule has 0 aliphatic carbocycles. The van der Waals surface area contributed by atoms with Crippen molar-refractivity contribution in [3.63, 3.8) is 0 Å². The second-order valence-electron chi connectivity index (χ2n) is 9.45. The number of halogens is 1. The van der Waals surface area contributed by atoms with Crippen molar-refractivity contribution in [2.75, 3.05) is 27.4 Å². The number of hydrogen-bond donors (Lipinski definition) is 3. The SMILES string of the molecule is COc1cccc(-c2cc(C(=O)NCCc3ccc(OCCCB(O)O)cc3-c3cccc(F)c3)ccc2OC)c1. The smallest absolute Gasteiger partial charge is 0.451 e. The van der Waals surface area contributed by atoms with Gasteiger partial charge in [-0.05, 0) is 96.0 Å². The second kappa shape index (κ2) is 14.3. The van der Waals surface area contributed by atoms with Crippen LogP contribution in [0.2, 0.25) is 6.32 Å². The van der Waals surface area contributed by atoms with Crippen molar-refractivity contribution in [3.8, 4) is 39.5 Å². The molecule has 0 saturated carbocycles. The Bertz CT molecular complexity index is 1480. The molecule has 0 aliphatic rings. The highest BCUT2D eigenvalue weighted by Crippen LogP contribution is 2.33. The van der Waals surface area contributed by atoms with Gasteiger partial charge in [-0.3, -0.25) is 4.79 Å². The summed E-state index contributed by atoms with van der Waals surface area (Å²) in [6, 6.07) is 24.7. The number of ether oxygens (including phenoxy) is 3. The van der Waals surface area contributed by atoms with Crippen LogP contribution in [0.5, 0.6) is 17.2 Å². The van der Waals surface area contributed by atoms with E-state index in [-0.39, 0.29) is 18.0 Å². The van der Waals surface area contributed by atoms with E-state index in [1.807, 2.05) is 48.5 Å². The van der Waals surface area contributed by atoms with Crippen molar-refractivity contribution in [1.29, 1.82) is 0 Å². The summed E-state index contributed by atoms with van der Waals surface area (Å²) >= 11 is 0. The van der Waals surface area contributed by atoms with Gasteiger partial charge in [0.1, 0.15) is 23.1 Å². The van der Waals surface area contributed by atoms with Gasteiger partial charge in [0, 0.05) is 17.7 Å². The molecule has 0 atom stereocenters. The first-order chi connectivity index (χ1) is 19.9. The van der Waals surface area contributed by atoms with Gasteiger partial charge in [0.05, 0.1) is 20.8 Å². The minimum Gasteiger partial charge on any atom is -0.497 e. The molecule has 0 aliphatic heterocycles. The minimum atomic E-state index is -1.37. The quantitative estimate of drug-likeness (QED) is 0.151. The van der Waals surface area contributed by atoms with Gasteiger partial charge < -0.3 is 29.6 Å². The maximum Gasteiger partial charge on any atom is 0.451 e. The Labute approximate surface area is 239 Å². The third kappa shape index (κ3) is 8.09. The standard InChI is InChI=1S/C32H33BFNO6/c1-39-27-9-4-7-24(19-27)30-20-25(11-13-31(30)40-2)32(36)35-16-14-22-10-12-28(41-17-5-15-33(37)38)21-29(22)23-6-3-8-26(34)18-23/h3-4,6-13,18-21,37-38H,5,14-17H2,1-2H3,(H,35,36).